The van der Waals surface area contributed by atoms with Crippen molar-refractivity contribution >= 4 is 23.3 Å². The largest absolute Gasteiger partial charge is 0.495 e. The fourth-order valence-electron chi connectivity index (χ4n) is 3.35. The molecule has 0 atom stereocenters. The van der Waals surface area contributed by atoms with Crippen molar-refractivity contribution in [1.29, 1.82) is 0 Å². The molecule has 9 heteroatoms. The lowest BCUT2D eigenvalue weighted by Crippen LogP contribution is -2.37. The molecule has 1 aliphatic heterocycles. The lowest BCUT2D eigenvalue weighted by Gasteiger charge is -2.19. The number of hydrogen-bond donors (Lipinski definition) is 1. The fourth-order valence-corrected chi connectivity index (χ4v) is 3.35. The van der Waals surface area contributed by atoms with Crippen molar-refractivity contribution in [3.8, 4) is 5.75 Å². The van der Waals surface area contributed by atoms with Gasteiger partial charge in [0.15, 0.2) is 0 Å². The third kappa shape index (κ3) is 5.10. The van der Waals surface area contributed by atoms with Gasteiger partial charge in [-0.05, 0) is 41.8 Å². The van der Waals surface area contributed by atoms with Crippen molar-refractivity contribution in [3.05, 3.63) is 53.6 Å². The molecule has 31 heavy (non-hydrogen) atoms. The Morgan fingerprint density at radius 2 is 1.81 bits per heavy atom. The highest BCUT2D eigenvalue weighted by molar-refractivity contribution is 6.00. The van der Waals surface area contributed by atoms with E-state index in [9.17, 15) is 22.8 Å². The standard InChI is InChI=1S/C22H24F3N3O3/c1-14(2)15-4-7-17(8-5-15)28-11-10-27(21(28)30)13-20(29)26-18-12-16(22(23,24)25)6-9-19(18)31-3/h4-9,12,14H,10-11,13H2,1-3H3,(H,26,29). The van der Waals surface area contributed by atoms with Gasteiger partial charge < -0.3 is 15.0 Å². The monoisotopic (exact) mass is 435 g/mol. The summed E-state index contributed by atoms with van der Waals surface area (Å²) in [7, 11) is 1.30. The second kappa shape index (κ2) is 8.87. The molecular weight excluding hydrogens is 411 g/mol. The van der Waals surface area contributed by atoms with E-state index in [0.29, 0.717) is 19.0 Å². The second-order valence-electron chi connectivity index (χ2n) is 7.56. The van der Waals surface area contributed by atoms with Crippen molar-refractivity contribution in [2.24, 2.45) is 0 Å². The number of hydrogen-bond acceptors (Lipinski definition) is 3. The first-order chi connectivity index (χ1) is 14.6. The predicted octanol–water partition coefficient (Wildman–Crippen LogP) is 4.72. The summed E-state index contributed by atoms with van der Waals surface area (Å²) in [4.78, 5) is 28.1. The van der Waals surface area contributed by atoms with Crippen LogP contribution in [0.15, 0.2) is 42.5 Å². The number of nitrogens with zero attached hydrogens (tertiary/aromatic N) is 2. The average Bonchev–Trinajstić information content (AvgIpc) is 3.07. The van der Waals surface area contributed by atoms with Gasteiger partial charge in [0.2, 0.25) is 5.91 Å². The number of amides is 3. The van der Waals surface area contributed by atoms with Crippen LogP contribution in [0.2, 0.25) is 0 Å². The highest BCUT2D eigenvalue weighted by atomic mass is 19.4. The van der Waals surface area contributed by atoms with Crippen LogP contribution in [0, 0.1) is 0 Å². The molecule has 6 nitrogen and oxygen atoms in total. The zero-order valence-electron chi connectivity index (χ0n) is 17.5. The molecule has 0 bridgehead atoms. The molecule has 1 fully saturated rings. The molecule has 2 aromatic rings. The quantitative estimate of drug-likeness (QED) is 0.714. The Labute approximate surface area is 178 Å². The third-order valence-electron chi connectivity index (χ3n) is 5.10. The van der Waals surface area contributed by atoms with Gasteiger partial charge in [0, 0.05) is 18.8 Å². The Morgan fingerprint density at radius 1 is 1.13 bits per heavy atom. The maximum atomic E-state index is 13.0. The van der Waals surface area contributed by atoms with Crippen LogP contribution >= 0.6 is 0 Å². The zero-order chi connectivity index (χ0) is 22.8. The molecule has 0 unspecified atom stereocenters. The van der Waals surface area contributed by atoms with Crippen LogP contribution in [-0.2, 0) is 11.0 Å². The van der Waals surface area contributed by atoms with E-state index in [2.05, 4.69) is 19.2 Å². The molecule has 0 radical (unpaired) electrons. The number of halogens is 3. The molecule has 0 saturated carbocycles. The molecule has 2 aromatic carbocycles. The van der Waals surface area contributed by atoms with Crippen molar-refractivity contribution < 1.29 is 27.5 Å². The summed E-state index contributed by atoms with van der Waals surface area (Å²) >= 11 is 0. The van der Waals surface area contributed by atoms with Crippen molar-refractivity contribution in [2.45, 2.75) is 25.9 Å². The second-order valence-corrected chi connectivity index (χ2v) is 7.56. The molecule has 0 aliphatic carbocycles. The molecular formula is C22H24F3N3O3. The molecule has 1 N–H and O–H groups in total. The molecule has 1 aliphatic rings. The summed E-state index contributed by atoms with van der Waals surface area (Å²) in [6.45, 7) is 4.63. The Morgan fingerprint density at radius 3 is 2.39 bits per heavy atom. The number of rotatable bonds is 6. The molecule has 0 spiro atoms. The predicted molar refractivity (Wildman–Crippen MR) is 111 cm³/mol. The van der Waals surface area contributed by atoms with Crippen molar-refractivity contribution in [3.63, 3.8) is 0 Å². The van der Waals surface area contributed by atoms with Crippen LogP contribution in [0.5, 0.6) is 5.75 Å². The number of benzene rings is 2. The van der Waals surface area contributed by atoms with E-state index < -0.39 is 17.6 Å². The first kappa shape index (κ1) is 22.5. The zero-order valence-corrected chi connectivity index (χ0v) is 17.5. The number of urea groups is 1. The van der Waals surface area contributed by atoms with E-state index in [0.717, 1.165) is 29.4 Å². The normalized spacial score (nSPS) is 14.4. The van der Waals surface area contributed by atoms with Gasteiger partial charge in [-0.25, -0.2) is 4.79 Å². The summed E-state index contributed by atoms with van der Waals surface area (Å²) < 4.78 is 44.0. The lowest BCUT2D eigenvalue weighted by atomic mass is 10.0. The van der Waals surface area contributed by atoms with Crippen LogP contribution in [-0.4, -0.2) is 43.6 Å². The van der Waals surface area contributed by atoms with E-state index in [1.807, 2.05) is 24.3 Å². The summed E-state index contributed by atoms with van der Waals surface area (Å²) in [6.07, 6.45) is -4.55. The van der Waals surface area contributed by atoms with Gasteiger partial charge in [-0.3, -0.25) is 9.69 Å². The number of alkyl halides is 3. The Bertz CT molecular complexity index is 959. The minimum Gasteiger partial charge on any atom is -0.495 e. The summed E-state index contributed by atoms with van der Waals surface area (Å²) in [6, 6.07) is 10.1. The maximum absolute atomic E-state index is 13.0. The number of methoxy groups -OCH3 is 1. The van der Waals surface area contributed by atoms with Gasteiger partial charge in [-0.1, -0.05) is 26.0 Å². The Kier molecular flexibility index (Phi) is 6.42. The molecule has 1 heterocycles. The van der Waals surface area contributed by atoms with Gasteiger partial charge in [0.25, 0.3) is 0 Å². The topological polar surface area (TPSA) is 61.9 Å². The summed E-state index contributed by atoms with van der Waals surface area (Å²) in [5, 5.41) is 2.42. The first-order valence-electron chi connectivity index (χ1n) is 9.81. The molecule has 0 aromatic heterocycles. The number of carbonyl (C=O) groups excluding carboxylic acids is 2. The summed E-state index contributed by atoms with van der Waals surface area (Å²) in [5.41, 5.74) is 0.880. The van der Waals surface area contributed by atoms with Crippen molar-refractivity contribution in [1.82, 2.24) is 4.90 Å². The highest BCUT2D eigenvalue weighted by Gasteiger charge is 2.33. The average molecular weight is 435 g/mol. The van der Waals surface area contributed by atoms with Gasteiger partial charge in [0.05, 0.1) is 18.4 Å². The number of carbonyl (C=O) groups is 2. The SMILES string of the molecule is COc1ccc(C(F)(F)F)cc1NC(=O)CN1CCN(c2ccc(C(C)C)cc2)C1=O. The smallest absolute Gasteiger partial charge is 0.416 e. The van der Waals surface area contributed by atoms with Crippen LogP contribution in [0.1, 0.15) is 30.9 Å². The fraction of sp³-hybridized carbons (Fsp3) is 0.364. The van der Waals surface area contributed by atoms with Gasteiger partial charge in [-0.15, -0.1) is 0 Å². The Hall–Kier alpha value is -3.23. The summed E-state index contributed by atoms with van der Waals surface area (Å²) in [5.74, 6) is -0.139. The molecule has 3 rings (SSSR count). The first-order valence-corrected chi connectivity index (χ1v) is 9.81. The van der Waals surface area contributed by atoms with Gasteiger partial charge in [-0.2, -0.15) is 13.2 Å². The Balaban J connectivity index is 1.67. The van der Waals surface area contributed by atoms with E-state index in [4.69, 9.17) is 4.74 Å². The molecule has 1 saturated heterocycles. The van der Waals surface area contributed by atoms with Crippen LogP contribution in [0.25, 0.3) is 0 Å². The minimum absolute atomic E-state index is 0.0981. The third-order valence-corrected chi connectivity index (χ3v) is 5.10. The molecule has 166 valence electrons. The van der Waals surface area contributed by atoms with E-state index in [-0.39, 0.29) is 24.0 Å². The van der Waals surface area contributed by atoms with E-state index in [1.54, 1.807) is 4.90 Å². The molecule has 3 amide bonds. The lowest BCUT2D eigenvalue weighted by molar-refractivity contribution is -0.137. The van der Waals surface area contributed by atoms with Crippen LogP contribution < -0.4 is 15.0 Å². The van der Waals surface area contributed by atoms with Crippen molar-refractivity contribution in [2.75, 3.05) is 37.0 Å². The maximum Gasteiger partial charge on any atom is 0.416 e. The minimum atomic E-state index is -4.55. The van der Waals surface area contributed by atoms with Crippen LogP contribution in [0.4, 0.5) is 29.3 Å². The van der Waals surface area contributed by atoms with Gasteiger partial charge in [0.1, 0.15) is 12.3 Å². The number of anilines is 2. The van der Waals surface area contributed by atoms with E-state index >= 15 is 0 Å². The number of ether oxygens (including phenoxy) is 1. The highest BCUT2D eigenvalue weighted by Crippen LogP contribution is 2.35. The van der Waals surface area contributed by atoms with Crippen LogP contribution in [0.3, 0.4) is 0 Å². The van der Waals surface area contributed by atoms with Gasteiger partial charge >= 0.3 is 12.2 Å². The van der Waals surface area contributed by atoms with E-state index in [1.165, 1.54) is 12.0 Å². The number of nitrogens with one attached hydrogen (secondary N) is 1.